The quantitative estimate of drug-likeness (QED) is 0.772. The lowest BCUT2D eigenvalue weighted by atomic mass is 10.0. The summed E-state index contributed by atoms with van der Waals surface area (Å²) < 4.78 is 22.9. The maximum Gasteiger partial charge on any atom is 0.164 e. The molecule has 0 unspecified atom stereocenters. The van der Waals surface area contributed by atoms with Crippen LogP contribution in [-0.2, 0) is 17.9 Å². The van der Waals surface area contributed by atoms with Gasteiger partial charge in [0.2, 0.25) is 0 Å². The summed E-state index contributed by atoms with van der Waals surface area (Å²) in [5.41, 5.74) is 1.14. The van der Waals surface area contributed by atoms with Crippen molar-refractivity contribution in [2.24, 2.45) is 0 Å². The number of halogens is 1. The number of carbonyl (C=O) groups excluding carboxylic acids is 1. The Morgan fingerprint density at radius 2 is 2.00 bits per heavy atom. The first-order chi connectivity index (χ1) is 7.62. The second-order valence-corrected chi connectivity index (χ2v) is 3.50. The van der Waals surface area contributed by atoms with Gasteiger partial charge in [0.1, 0.15) is 12.5 Å². The molecular formula is C12H15FO3. The predicted octanol–water partition coefficient (Wildman–Crippen LogP) is 2.30. The van der Waals surface area contributed by atoms with Crippen molar-refractivity contribution in [2.45, 2.75) is 20.0 Å². The van der Waals surface area contributed by atoms with E-state index < -0.39 is 6.67 Å². The summed E-state index contributed by atoms with van der Waals surface area (Å²) in [6.45, 7) is 0.888. The summed E-state index contributed by atoms with van der Waals surface area (Å²) in [6.07, 6.45) is 0.216. The summed E-state index contributed by atoms with van der Waals surface area (Å²) >= 11 is 0. The number of methoxy groups -OCH3 is 2. The molecule has 16 heavy (non-hydrogen) atoms. The minimum atomic E-state index is -0.592. The largest absolute Gasteiger partial charge is 0.493 e. The summed E-state index contributed by atoms with van der Waals surface area (Å²) in [5, 5.41) is 0. The van der Waals surface area contributed by atoms with Crippen LogP contribution in [-0.4, -0.2) is 20.0 Å². The van der Waals surface area contributed by atoms with Gasteiger partial charge in [0.05, 0.1) is 14.2 Å². The average Bonchev–Trinajstić information content (AvgIpc) is 2.27. The van der Waals surface area contributed by atoms with Gasteiger partial charge < -0.3 is 9.47 Å². The molecule has 0 aromatic heterocycles. The number of benzene rings is 1. The molecule has 4 heteroatoms. The lowest BCUT2D eigenvalue weighted by Gasteiger charge is -2.13. The van der Waals surface area contributed by atoms with Crippen molar-refractivity contribution in [3.8, 4) is 11.5 Å². The molecule has 0 saturated heterocycles. The molecule has 0 fully saturated rings. The minimum absolute atomic E-state index is 0.00337. The van der Waals surface area contributed by atoms with Crippen LogP contribution >= 0.6 is 0 Å². The van der Waals surface area contributed by atoms with Crippen molar-refractivity contribution in [1.82, 2.24) is 0 Å². The third-order valence-corrected chi connectivity index (χ3v) is 2.21. The van der Waals surface area contributed by atoms with Crippen molar-refractivity contribution in [3.05, 3.63) is 23.3 Å². The van der Waals surface area contributed by atoms with E-state index in [9.17, 15) is 9.18 Å². The molecule has 0 aliphatic rings. The molecule has 1 rings (SSSR count). The standard InChI is InChI=1S/C12H15FO3/c1-8(14)4-10-5-9(7-13)6-11(15-2)12(10)16-3/h5-6H,4,7H2,1-3H3. The predicted molar refractivity (Wildman–Crippen MR) is 58.7 cm³/mol. The van der Waals surface area contributed by atoms with E-state index in [-0.39, 0.29) is 12.2 Å². The maximum atomic E-state index is 12.6. The highest BCUT2D eigenvalue weighted by Crippen LogP contribution is 2.33. The monoisotopic (exact) mass is 226 g/mol. The fraction of sp³-hybridized carbons (Fsp3) is 0.417. The molecule has 0 atom stereocenters. The zero-order valence-electron chi connectivity index (χ0n) is 9.67. The minimum Gasteiger partial charge on any atom is -0.493 e. The first-order valence-electron chi connectivity index (χ1n) is 4.91. The van der Waals surface area contributed by atoms with Gasteiger partial charge in [0.15, 0.2) is 11.5 Å². The SMILES string of the molecule is COc1cc(CF)cc(CC(C)=O)c1OC. The van der Waals surface area contributed by atoms with Gasteiger partial charge in [-0.2, -0.15) is 0 Å². The zero-order chi connectivity index (χ0) is 12.1. The van der Waals surface area contributed by atoms with Gasteiger partial charge in [-0.3, -0.25) is 4.79 Å². The Hall–Kier alpha value is -1.58. The van der Waals surface area contributed by atoms with Crippen molar-refractivity contribution >= 4 is 5.78 Å². The Morgan fingerprint density at radius 1 is 1.31 bits per heavy atom. The van der Waals surface area contributed by atoms with E-state index in [4.69, 9.17) is 9.47 Å². The van der Waals surface area contributed by atoms with Crippen LogP contribution < -0.4 is 9.47 Å². The molecule has 1 aromatic rings. The van der Waals surface area contributed by atoms with Gasteiger partial charge in [0.25, 0.3) is 0 Å². The van der Waals surface area contributed by atoms with Crippen LogP contribution in [0.2, 0.25) is 0 Å². The highest BCUT2D eigenvalue weighted by Gasteiger charge is 2.13. The third kappa shape index (κ3) is 2.72. The number of ether oxygens (including phenoxy) is 2. The molecule has 3 nitrogen and oxygen atoms in total. The number of carbonyl (C=O) groups is 1. The molecular weight excluding hydrogens is 211 g/mol. The van der Waals surface area contributed by atoms with Gasteiger partial charge in [-0.25, -0.2) is 4.39 Å². The lowest BCUT2D eigenvalue weighted by molar-refractivity contribution is -0.116. The van der Waals surface area contributed by atoms with Gasteiger partial charge in [-0.1, -0.05) is 0 Å². The molecule has 0 spiro atoms. The van der Waals surface area contributed by atoms with E-state index in [1.807, 2.05) is 0 Å². The fourth-order valence-corrected chi connectivity index (χ4v) is 1.58. The van der Waals surface area contributed by atoms with Gasteiger partial charge in [0, 0.05) is 12.0 Å². The average molecular weight is 226 g/mol. The van der Waals surface area contributed by atoms with Crippen molar-refractivity contribution in [3.63, 3.8) is 0 Å². The Kier molecular flexibility index (Phi) is 4.28. The summed E-state index contributed by atoms with van der Waals surface area (Å²) in [6, 6.07) is 3.20. The molecule has 0 saturated carbocycles. The maximum absolute atomic E-state index is 12.6. The van der Waals surface area contributed by atoms with Crippen LogP contribution in [0.4, 0.5) is 4.39 Å². The summed E-state index contributed by atoms with van der Waals surface area (Å²) in [5.74, 6) is 0.945. The smallest absolute Gasteiger partial charge is 0.164 e. The molecule has 0 radical (unpaired) electrons. The first-order valence-corrected chi connectivity index (χ1v) is 4.91. The van der Waals surface area contributed by atoms with E-state index >= 15 is 0 Å². The van der Waals surface area contributed by atoms with Crippen LogP contribution in [0.5, 0.6) is 11.5 Å². The van der Waals surface area contributed by atoms with Crippen LogP contribution in [0.3, 0.4) is 0 Å². The van der Waals surface area contributed by atoms with E-state index in [1.54, 1.807) is 12.1 Å². The molecule has 1 aromatic carbocycles. The Morgan fingerprint density at radius 3 is 2.44 bits per heavy atom. The topological polar surface area (TPSA) is 35.5 Å². The molecule has 0 bridgehead atoms. The summed E-state index contributed by atoms with van der Waals surface area (Å²) in [7, 11) is 2.98. The first kappa shape index (κ1) is 12.5. The number of Topliss-reactive ketones (excluding diaryl/α,β-unsaturated/α-hetero) is 1. The number of rotatable bonds is 5. The molecule has 0 aliphatic carbocycles. The van der Waals surface area contributed by atoms with E-state index in [0.717, 1.165) is 0 Å². The van der Waals surface area contributed by atoms with E-state index in [0.29, 0.717) is 22.6 Å². The van der Waals surface area contributed by atoms with Crippen LogP contribution in [0.15, 0.2) is 12.1 Å². The zero-order valence-corrected chi connectivity index (χ0v) is 9.67. The second kappa shape index (κ2) is 5.49. The normalized spacial score (nSPS) is 10.0. The van der Waals surface area contributed by atoms with E-state index in [2.05, 4.69) is 0 Å². The van der Waals surface area contributed by atoms with Crippen molar-refractivity contribution < 1.29 is 18.7 Å². The van der Waals surface area contributed by atoms with Crippen molar-refractivity contribution in [1.29, 1.82) is 0 Å². The Bertz CT molecular complexity index is 388. The Labute approximate surface area is 94.2 Å². The highest BCUT2D eigenvalue weighted by molar-refractivity contribution is 5.79. The van der Waals surface area contributed by atoms with Crippen molar-refractivity contribution in [2.75, 3.05) is 14.2 Å². The number of hydrogen-bond donors (Lipinski definition) is 0. The third-order valence-electron chi connectivity index (χ3n) is 2.21. The second-order valence-electron chi connectivity index (χ2n) is 3.50. The molecule has 0 amide bonds. The molecule has 88 valence electrons. The molecule has 0 heterocycles. The number of ketones is 1. The van der Waals surface area contributed by atoms with Gasteiger partial charge in [-0.15, -0.1) is 0 Å². The molecule has 0 aliphatic heterocycles. The number of hydrogen-bond acceptors (Lipinski definition) is 3. The van der Waals surface area contributed by atoms with E-state index in [1.165, 1.54) is 21.1 Å². The Balaban J connectivity index is 3.25. The molecule has 0 N–H and O–H groups in total. The lowest BCUT2D eigenvalue weighted by Crippen LogP contribution is -2.02. The van der Waals surface area contributed by atoms with Crippen LogP contribution in [0.1, 0.15) is 18.1 Å². The summed E-state index contributed by atoms with van der Waals surface area (Å²) in [4.78, 5) is 11.1. The number of alkyl halides is 1. The van der Waals surface area contributed by atoms with Crippen LogP contribution in [0.25, 0.3) is 0 Å². The van der Waals surface area contributed by atoms with Gasteiger partial charge >= 0.3 is 0 Å². The van der Waals surface area contributed by atoms with Gasteiger partial charge in [-0.05, 0) is 24.6 Å². The highest BCUT2D eigenvalue weighted by atomic mass is 19.1. The van der Waals surface area contributed by atoms with Crippen LogP contribution in [0, 0.1) is 0 Å². The fourth-order valence-electron chi connectivity index (χ4n) is 1.58.